The monoisotopic (exact) mass is 391 g/mol. The maximum absolute atomic E-state index is 13.1. The minimum absolute atomic E-state index is 0.125. The molecule has 27 heavy (non-hydrogen) atoms. The number of alkyl halides is 3. The Morgan fingerprint density at radius 3 is 2.56 bits per heavy atom. The molecule has 0 saturated carbocycles. The van der Waals surface area contributed by atoms with Crippen molar-refractivity contribution in [1.82, 2.24) is 9.97 Å². The second kappa shape index (κ2) is 7.56. The Bertz CT molecular complexity index is 991. The summed E-state index contributed by atoms with van der Waals surface area (Å²) in [5.41, 5.74) is 1.81. The first-order valence-corrected chi connectivity index (χ1v) is 9.00. The molecule has 4 nitrogen and oxygen atoms in total. The van der Waals surface area contributed by atoms with E-state index in [-0.39, 0.29) is 16.4 Å². The third-order valence-corrected chi connectivity index (χ3v) is 4.87. The van der Waals surface area contributed by atoms with Crippen LogP contribution in [0.25, 0.3) is 10.9 Å². The van der Waals surface area contributed by atoms with Crippen molar-refractivity contribution in [2.45, 2.75) is 30.3 Å². The van der Waals surface area contributed by atoms with Crippen LogP contribution in [0.4, 0.5) is 18.9 Å². The van der Waals surface area contributed by atoms with E-state index < -0.39 is 17.3 Å². The highest BCUT2D eigenvalue weighted by atomic mass is 32.2. The smallest absolute Gasteiger partial charge is 0.325 e. The Labute approximate surface area is 158 Å². The first kappa shape index (κ1) is 19.2. The van der Waals surface area contributed by atoms with E-state index in [0.29, 0.717) is 11.1 Å². The van der Waals surface area contributed by atoms with Crippen LogP contribution in [0, 0.1) is 6.92 Å². The Morgan fingerprint density at radius 2 is 1.85 bits per heavy atom. The summed E-state index contributed by atoms with van der Waals surface area (Å²) < 4.78 is 39.3. The lowest BCUT2D eigenvalue weighted by Gasteiger charge is -2.14. The van der Waals surface area contributed by atoms with Gasteiger partial charge in [0.1, 0.15) is 5.03 Å². The van der Waals surface area contributed by atoms with Crippen LogP contribution in [-0.2, 0) is 11.0 Å². The number of aromatic nitrogens is 2. The van der Waals surface area contributed by atoms with Crippen LogP contribution in [-0.4, -0.2) is 21.1 Å². The molecule has 8 heteroatoms. The summed E-state index contributed by atoms with van der Waals surface area (Å²) in [5.74, 6) is -1.53. The van der Waals surface area contributed by atoms with Crippen molar-refractivity contribution >= 4 is 34.3 Å². The minimum Gasteiger partial charge on any atom is -0.325 e. The summed E-state index contributed by atoms with van der Waals surface area (Å²) in [7, 11) is 0. The predicted octanol–water partition coefficient (Wildman–Crippen LogP) is 5.08. The Morgan fingerprint density at radius 1 is 1.11 bits per heavy atom. The molecule has 2 aromatic carbocycles. The largest absolute Gasteiger partial charge is 0.451 e. The predicted molar refractivity (Wildman–Crippen MR) is 99.7 cm³/mol. The van der Waals surface area contributed by atoms with Crippen molar-refractivity contribution in [3.63, 3.8) is 0 Å². The van der Waals surface area contributed by atoms with Crippen LogP contribution >= 0.6 is 11.8 Å². The summed E-state index contributed by atoms with van der Waals surface area (Å²) in [6.45, 7) is 3.53. The van der Waals surface area contributed by atoms with E-state index in [9.17, 15) is 18.0 Å². The molecule has 1 amide bonds. The number of hydrogen-bond donors (Lipinski definition) is 1. The average Bonchev–Trinajstić information content (AvgIpc) is 2.60. The second-order valence-electron chi connectivity index (χ2n) is 5.99. The van der Waals surface area contributed by atoms with E-state index in [4.69, 9.17) is 0 Å². The molecular formula is C19H16F3N3OS. The van der Waals surface area contributed by atoms with Crippen molar-refractivity contribution in [2.75, 3.05) is 5.32 Å². The molecule has 0 radical (unpaired) electrons. The fourth-order valence-corrected chi connectivity index (χ4v) is 3.39. The number of hydrogen-bond acceptors (Lipinski definition) is 4. The van der Waals surface area contributed by atoms with Gasteiger partial charge >= 0.3 is 6.18 Å². The van der Waals surface area contributed by atoms with Gasteiger partial charge in [-0.25, -0.2) is 9.97 Å². The van der Waals surface area contributed by atoms with Crippen molar-refractivity contribution < 1.29 is 18.0 Å². The third-order valence-electron chi connectivity index (χ3n) is 3.77. The van der Waals surface area contributed by atoms with Crippen LogP contribution in [0.1, 0.15) is 18.3 Å². The van der Waals surface area contributed by atoms with Crippen LogP contribution in [0.2, 0.25) is 0 Å². The molecule has 3 aromatic rings. The van der Waals surface area contributed by atoms with Gasteiger partial charge in [-0.05, 0) is 37.6 Å². The quantitative estimate of drug-likeness (QED) is 0.498. The highest BCUT2D eigenvalue weighted by molar-refractivity contribution is 8.00. The number of rotatable bonds is 4. The summed E-state index contributed by atoms with van der Waals surface area (Å²) >= 11 is 0.972. The topological polar surface area (TPSA) is 54.9 Å². The highest BCUT2D eigenvalue weighted by Gasteiger charge is 2.35. The fraction of sp³-hybridized carbons (Fsp3) is 0.211. The molecule has 0 spiro atoms. The lowest BCUT2D eigenvalue weighted by atomic mass is 10.2. The first-order valence-electron chi connectivity index (χ1n) is 8.12. The molecule has 1 heterocycles. The number of nitrogens with zero attached hydrogens (tertiary/aromatic N) is 2. The number of anilines is 1. The van der Waals surface area contributed by atoms with Crippen LogP contribution in [0.15, 0.2) is 53.6 Å². The Balaban J connectivity index is 1.87. The van der Waals surface area contributed by atoms with E-state index in [1.807, 2.05) is 25.1 Å². The van der Waals surface area contributed by atoms with Crippen molar-refractivity contribution in [2.24, 2.45) is 0 Å². The summed E-state index contributed by atoms with van der Waals surface area (Å²) in [5, 5.41) is 2.72. The number of para-hydroxylation sites is 1. The molecule has 1 unspecified atom stereocenters. The standard InChI is InChI=1S/C19H16F3N3OS/c1-11-6-5-7-13(10-11)23-16(26)12(2)27-17-14-8-3-4-9-15(14)24-18(25-17)19(20,21)22/h3-10,12H,1-2H3,(H,23,26). The van der Waals surface area contributed by atoms with Gasteiger partial charge in [0, 0.05) is 11.1 Å². The Kier molecular flexibility index (Phi) is 5.36. The number of thioether (sulfide) groups is 1. The molecule has 0 fully saturated rings. The zero-order valence-corrected chi connectivity index (χ0v) is 15.4. The molecule has 0 bridgehead atoms. The summed E-state index contributed by atoms with van der Waals surface area (Å²) in [6.07, 6.45) is -4.66. The SMILES string of the molecule is Cc1cccc(NC(=O)C(C)Sc2nc(C(F)(F)F)nc3ccccc23)c1. The number of fused-ring (bicyclic) bond motifs is 1. The van der Waals surface area contributed by atoms with Gasteiger partial charge in [-0.2, -0.15) is 13.2 Å². The number of carbonyl (C=O) groups excluding carboxylic acids is 1. The molecule has 1 aromatic heterocycles. The minimum atomic E-state index is -4.66. The van der Waals surface area contributed by atoms with E-state index in [1.165, 1.54) is 6.07 Å². The molecular weight excluding hydrogens is 375 g/mol. The van der Waals surface area contributed by atoms with E-state index in [1.54, 1.807) is 31.2 Å². The van der Waals surface area contributed by atoms with Gasteiger partial charge in [-0.15, -0.1) is 0 Å². The van der Waals surface area contributed by atoms with Crippen LogP contribution < -0.4 is 5.32 Å². The van der Waals surface area contributed by atoms with E-state index in [2.05, 4.69) is 15.3 Å². The number of amides is 1. The summed E-state index contributed by atoms with van der Waals surface area (Å²) in [4.78, 5) is 19.7. The fourth-order valence-electron chi connectivity index (χ4n) is 2.45. The molecule has 0 aliphatic carbocycles. The van der Waals surface area contributed by atoms with Gasteiger partial charge in [0.25, 0.3) is 0 Å². The van der Waals surface area contributed by atoms with Crippen molar-refractivity contribution in [3.05, 3.63) is 59.9 Å². The van der Waals surface area contributed by atoms with Gasteiger partial charge in [0.2, 0.25) is 11.7 Å². The second-order valence-corrected chi connectivity index (χ2v) is 7.32. The molecule has 0 saturated heterocycles. The van der Waals surface area contributed by atoms with Gasteiger partial charge in [-0.1, -0.05) is 42.1 Å². The zero-order chi connectivity index (χ0) is 19.6. The maximum Gasteiger partial charge on any atom is 0.451 e. The average molecular weight is 391 g/mol. The number of halogens is 3. The molecule has 0 aliphatic rings. The van der Waals surface area contributed by atoms with Crippen molar-refractivity contribution in [1.29, 1.82) is 0 Å². The summed E-state index contributed by atoms with van der Waals surface area (Å²) in [6, 6.07) is 13.7. The molecule has 1 N–H and O–H groups in total. The highest BCUT2D eigenvalue weighted by Crippen LogP contribution is 2.33. The lowest BCUT2D eigenvalue weighted by Crippen LogP contribution is -2.23. The van der Waals surface area contributed by atoms with Crippen molar-refractivity contribution in [3.8, 4) is 0 Å². The molecule has 140 valence electrons. The number of carbonyl (C=O) groups is 1. The van der Waals surface area contributed by atoms with E-state index in [0.717, 1.165) is 17.3 Å². The van der Waals surface area contributed by atoms with E-state index >= 15 is 0 Å². The third kappa shape index (κ3) is 4.57. The number of benzene rings is 2. The van der Waals surface area contributed by atoms with Crippen LogP contribution in [0.5, 0.6) is 0 Å². The maximum atomic E-state index is 13.1. The lowest BCUT2D eigenvalue weighted by molar-refractivity contribution is -0.145. The molecule has 1 atom stereocenters. The van der Waals surface area contributed by atoms with Gasteiger partial charge in [0.05, 0.1) is 10.8 Å². The zero-order valence-electron chi connectivity index (χ0n) is 14.5. The first-order chi connectivity index (χ1) is 12.7. The van der Waals surface area contributed by atoms with Gasteiger partial charge in [0.15, 0.2) is 0 Å². The molecule has 3 rings (SSSR count). The van der Waals surface area contributed by atoms with Crippen LogP contribution in [0.3, 0.4) is 0 Å². The van der Waals surface area contributed by atoms with Gasteiger partial charge < -0.3 is 5.32 Å². The number of nitrogens with one attached hydrogen (secondary N) is 1. The molecule has 0 aliphatic heterocycles. The Hall–Kier alpha value is -2.61. The van der Waals surface area contributed by atoms with Gasteiger partial charge in [-0.3, -0.25) is 4.79 Å². The number of aryl methyl sites for hydroxylation is 1. The normalized spacial score (nSPS) is 12.8.